The van der Waals surface area contributed by atoms with E-state index in [9.17, 15) is 18.0 Å². The Labute approximate surface area is 97.6 Å². The molecule has 1 rings (SSSR count). The van der Waals surface area contributed by atoms with E-state index in [1.807, 2.05) is 0 Å². The third-order valence-corrected chi connectivity index (χ3v) is 2.60. The maximum Gasteiger partial charge on any atom is 0.389 e. The van der Waals surface area contributed by atoms with Crippen molar-refractivity contribution in [3.05, 3.63) is 35.4 Å². The van der Waals surface area contributed by atoms with Gasteiger partial charge in [0.25, 0.3) is 0 Å². The summed E-state index contributed by atoms with van der Waals surface area (Å²) in [5.41, 5.74) is 6.71. The van der Waals surface area contributed by atoms with Crippen LogP contribution >= 0.6 is 0 Å². The van der Waals surface area contributed by atoms with Gasteiger partial charge in [-0.15, -0.1) is 0 Å². The highest BCUT2D eigenvalue weighted by atomic mass is 19.4. The number of rotatable bonds is 5. The van der Waals surface area contributed by atoms with Gasteiger partial charge in [-0.05, 0) is 24.4 Å². The molecule has 94 valence electrons. The smallest absolute Gasteiger partial charge is 0.330 e. The van der Waals surface area contributed by atoms with Crippen molar-refractivity contribution in [2.75, 3.05) is 6.54 Å². The van der Waals surface area contributed by atoms with Crippen molar-refractivity contribution in [2.45, 2.75) is 24.9 Å². The minimum atomic E-state index is -4.16. The molecule has 17 heavy (non-hydrogen) atoms. The Morgan fingerprint density at radius 3 is 2.24 bits per heavy atom. The van der Waals surface area contributed by atoms with Gasteiger partial charge < -0.3 is 5.73 Å². The molecule has 1 aromatic rings. The first-order valence-electron chi connectivity index (χ1n) is 5.28. The molecule has 2 N–H and O–H groups in total. The summed E-state index contributed by atoms with van der Waals surface area (Å²) in [6.45, 7) is 0.163. The second-order valence-electron chi connectivity index (χ2n) is 3.87. The van der Waals surface area contributed by atoms with Crippen LogP contribution in [0.2, 0.25) is 0 Å². The number of aldehydes is 1. The van der Waals surface area contributed by atoms with Gasteiger partial charge in [-0.3, -0.25) is 4.79 Å². The van der Waals surface area contributed by atoms with Crippen LogP contribution in [-0.2, 0) is 0 Å². The Balaban J connectivity index is 2.69. The normalized spacial score (nSPS) is 13.4. The molecule has 0 fully saturated rings. The van der Waals surface area contributed by atoms with Gasteiger partial charge in [-0.2, -0.15) is 13.2 Å². The molecule has 0 heterocycles. The average Bonchev–Trinajstić information content (AvgIpc) is 2.29. The van der Waals surface area contributed by atoms with Crippen molar-refractivity contribution < 1.29 is 18.0 Å². The van der Waals surface area contributed by atoms with Crippen LogP contribution in [0.5, 0.6) is 0 Å². The number of nitrogens with two attached hydrogens (primary N) is 1. The lowest BCUT2D eigenvalue weighted by Gasteiger charge is -2.16. The largest absolute Gasteiger partial charge is 0.389 e. The van der Waals surface area contributed by atoms with E-state index < -0.39 is 12.6 Å². The van der Waals surface area contributed by atoms with E-state index in [1.165, 1.54) is 0 Å². The van der Waals surface area contributed by atoms with Crippen LogP contribution in [0.25, 0.3) is 0 Å². The Morgan fingerprint density at radius 2 is 1.82 bits per heavy atom. The molecule has 0 amide bonds. The van der Waals surface area contributed by atoms with Crippen molar-refractivity contribution in [3.63, 3.8) is 0 Å². The number of benzene rings is 1. The molecule has 1 aromatic carbocycles. The zero-order valence-electron chi connectivity index (χ0n) is 9.20. The maximum atomic E-state index is 12.1. The minimum absolute atomic E-state index is 0.0273. The molecule has 0 aliphatic rings. The Hall–Kier alpha value is -1.36. The molecule has 0 bridgehead atoms. The highest BCUT2D eigenvalue weighted by Crippen LogP contribution is 2.28. The summed E-state index contributed by atoms with van der Waals surface area (Å²) < 4.78 is 36.3. The fourth-order valence-corrected chi connectivity index (χ4v) is 1.61. The SMILES string of the molecule is NCC(CCC(F)(F)F)c1ccc(C=O)cc1. The molecular weight excluding hydrogens is 231 g/mol. The van der Waals surface area contributed by atoms with Crippen LogP contribution in [0.3, 0.4) is 0 Å². The molecule has 0 aliphatic heterocycles. The zero-order valence-corrected chi connectivity index (χ0v) is 9.20. The Morgan fingerprint density at radius 1 is 1.24 bits per heavy atom. The Kier molecular flexibility index (Phi) is 4.69. The number of carbonyl (C=O) groups excluding carboxylic acids is 1. The first kappa shape index (κ1) is 13.7. The highest BCUT2D eigenvalue weighted by molar-refractivity contribution is 5.74. The summed E-state index contributed by atoms with van der Waals surface area (Å²) in [5.74, 6) is -0.322. The molecular formula is C12H14F3NO. The zero-order chi connectivity index (χ0) is 12.9. The van der Waals surface area contributed by atoms with E-state index in [-0.39, 0.29) is 18.9 Å². The summed E-state index contributed by atoms with van der Waals surface area (Å²) in [5, 5.41) is 0. The number of carbonyl (C=O) groups is 1. The van der Waals surface area contributed by atoms with E-state index >= 15 is 0 Å². The number of alkyl halides is 3. The fraction of sp³-hybridized carbons (Fsp3) is 0.417. The summed E-state index contributed by atoms with van der Waals surface area (Å²) in [6.07, 6.45) is -4.34. The van der Waals surface area contributed by atoms with Gasteiger partial charge in [0.2, 0.25) is 0 Å². The van der Waals surface area contributed by atoms with E-state index in [1.54, 1.807) is 24.3 Å². The number of hydrogen-bond donors (Lipinski definition) is 1. The molecule has 0 aliphatic carbocycles. The topological polar surface area (TPSA) is 43.1 Å². The number of hydrogen-bond acceptors (Lipinski definition) is 2. The van der Waals surface area contributed by atoms with E-state index in [2.05, 4.69) is 0 Å². The molecule has 0 spiro atoms. The van der Waals surface area contributed by atoms with Crippen LogP contribution in [-0.4, -0.2) is 19.0 Å². The van der Waals surface area contributed by atoms with Gasteiger partial charge in [0.05, 0.1) is 0 Å². The van der Waals surface area contributed by atoms with Gasteiger partial charge in [0.1, 0.15) is 6.29 Å². The van der Waals surface area contributed by atoms with Crippen LogP contribution in [0.4, 0.5) is 13.2 Å². The van der Waals surface area contributed by atoms with E-state index in [0.717, 1.165) is 5.56 Å². The molecule has 0 radical (unpaired) electrons. The molecule has 0 saturated heterocycles. The molecule has 0 aromatic heterocycles. The van der Waals surface area contributed by atoms with Gasteiger partial charge in [-0.1, -0.05) is 24.3 Å². The van der Waals surface area contributed by atoms with Crippen molar-refractivity contribution >= 4 is 6.29 Å². The molecule has 5 heteroatoms. The molecule has 2 nitrogen and oxygen atoms in total. The van der Waals surface area contributed by atoms with Crippen molar-refractivity contribution in [1.82, 2.24) is 0 Å². The van der Waals surface area contributed by atoms with Crippen molar-refractivity contribution in [1.29, 1.82) is 0 Å². The van der Waals surface area contributed by atoms with Gasteiger partial charge >= 0.3 is 6.18 Å². The van der Waals surface area contributed by atoms with Crippen LogP contribution in [0, 0.1) is 0 Å². The first-order valence-corrected chi connectivity index (χ1v) is 5.28. The lowest BCUT2D eigenvalue weighted by Crippen LogP contribution is -2.16. The summed E-state index contributed by atoms with van der Waals surface area (Å²) >= 11 is 0. The van der Waals surface area contributed by atoms with Crippen LogP contribution in [0.15, 0.2) is 24.3 Å². The van der Waals surface area contributed by atoms with Crippen molar-refractivity contribution in [3.8, 4) is 0 Å². The van der Waals surface area contributed by atoms with Gasteiger partial charge in [0.15, 0.2) is 0 Å². The standard InChI is InChI=1S/C12H14F3NO/c13-12(14,15)6-5-11(7-16)10-3-1-9(8-17)2-4-10/h1-4,8,11H,5-7,16H2. The van der Waals surface area contributed by atoms with Crippen LogP contribution < -0.4 is 5.73 Å². The molecule has 1 atom stereocenters. The Bertz CT molecular complexity index is 359. The minimum Gasteiger partial charge on any atom is -0.330 e. The highest BCUT2D eigenvalue weighted by Gasteiger charge is 2.28. The maximum absolute atomic E-state index is 12.1. The molecule has 1 unspecified atom stereocenters. The quantitative estimate of drug-likeness (QED) is 0.810. The van der Waals surface area contributed by atoms with Gasteiger partial charge in [-0.25, -0.2) is 0 Å². The summed E-state index contributed by atoms with van der Waals surface area (Å²) in [4.78, 5) is 10.4. The molecule has 0 saturated carbocycles. The van der Waals surface area contributed by atoms with Gasteiger partial charge in [0, 0.05) is 12.0 Å². The van der Waals surface area contributed by atoms with E-state index in [4.69, 9.17) is 5.73 Å². The third-order valence-electron chi connectivity index (χ3n) is 2.60. The van der Waals surface area contributed by atoms with Crippen molar-refractivity contribution in [2.24, 2.45) is 5.73 Å². The van der Waals surface area contributed by atoms with Crippen LogP contribution in [0.1, 0.15) is 34.7 Å². The summed E-state index contributed by atoms with van der Waals surface area (Å²) in [7, 11) is 0. The monoisotopic (exact) mass is 245 g/mol. The summed E-state index contributed by atoms with van der Waals surface area (Å²) in [6, 6.07) is 6.46. The predicted octanol–water partition coefficient (Wildman–Crippen LogP) is 2.88. The lowest BCUT2D eigenvalue weighted by molar-refractivity contribution is -0.136. The average molecular weight is 245 g/mol. The second kappa shape index (κ2) is 5.82. The predicted molar refractivity (Wildman–Crippen MR) is 58.9 cm³/mol. The fourth-order valence-electron chi connectivity index (χ4n) is 1.61. The lowest BCUT2D eigenvalue weighted by atomic mass is 9.93. The first-order chi connectivity index (χ1) is 7.96. The van der Waals surface area contributed by atoms with E-state index in [0.29, 0.717) is 11.8 Å². The number of halogens is 3. The third kappa shape index (κ3) is 4.56. The second-order valence-corrected chi connectivity index (χ2v) is 3.87.